The van der Waals surface area contributed by atoms with E-state index < -0.39 is 11.9 Å². The van der Waals surface area contributed by atoms with Crippen molar-refractivity contribution < 1.29 is 14.6 Å². The van der Waals surface area contributed by atoms with Crippen LogP contribution < -0.4 is 4.74 Å². The molecule has 1 unspecified atom stereocenters. The third-order valence-electron chi connectivity index (χ3n) is 3.77. The van der Waals surface area contributed by atoms with E-state index in [1.165, 1.54) is 0 Å². The van der Waals surface area contributed by atoms with Gasteiger partial charge in [-0.25, -0.2) is 0 Å². The fourth-order valence-electron chi connectivity index (χ4n) is 2.97. The molecule has 0 aromatic heterocycles. The topological polar surface area (TPSA) is 46.5 Å². The first-order valence-electron chi connectivity index (χ1n) is 7.19. The molecule has 0 radical (unpaired) electrons. The molecule has 1 heterocycles. The van der Waals surface area contributed by atoms with Gasteiger partial charge in [0, 0.05) is 11.1 Å². The molecular formula is C18H18O3. The van der Waals surface area contributed by atoms with Crippen LogP contribution in [0.4, 0.5) is 0 Å². The lowest BCUT2D eigenvalue weighted by Gasteiger charge is -2.28. The lowest BCUT2D eigenvalue weighted by atomic mass is 9.83. The molecule has 0 bridgehead atoms. The van der Waals surface area contributed by atoms with Crippen molar-refractivity contribution in [2.24, 2.45) is 5.92 Å². The number of carboxylic acid groups (broad SMARTS) is 1. The summed E-state index contributed by atoms with van der Waals surface area (Å²) >= 11 is 0. The number of carbonyl (C=O) groups is 1. The summed E-state index contributed by atoms with van der Waals surface area (Å²) in [5, 5.41) is 9.73. The van der Waals surface area contributed by atoms with Crippen LogP contribution >= 0.6 is 0 Å². The van der Waals surface area contributed by atoms with Crippen LogP contribution in [0.5, 0.6) is 11.5 Å². The highest BCUT2D eigenvalue weighted by Gasteiger charge is 2.34. The van der Waals surface area contributed by atoms with Gasteiger partial charge in [0.05, 0.1) is 0 Å². The average molecular weight is 282 g/mol. The van der Waals surface area contributed by atoms with Gasteiger partial charge in [-0.2, -0.15) is 0 Å². The summed E-state index contributed by atoms with van der Waals surface area (Å²) in [5.74, 6) is 0.282. The second-order valence-electron chi connectivity index (χ2n) is 5.84. The van der Waals surface area contributed by atoms with Crippen molar-refractivity contribution in [2.45, 2.75) is 26.2 Å². The molecule has 1 N–H and O–H groups in total. The van der Waals surface area contributed by atoms with E-state index in [9.17, 15) is 9.90 Å². The Balaban J connectivity index is 2.19. The Morgan fingerprint density at radius 3 is 2.57 bits per heavy atom. The smallest absolute Gasteiger partial charge is 0.315 e. The number of ether oxygens (including phenoxy) is 1. The Hall–Kier alpha value is -2.29. The molecule has 1 atom stereocenters. The van der Waals surface area contributed by atoms with E-state index in [0.717, 1.165) is 23.1 Å². The monoisotopic (exact) mass is 282 g/mol. The van der Waals surface area contributed by atoms with E-state index in [1.54, 1.807) is 0 Å². The number of fused-ring (bicyclic) bond motifs is 2. The number of aliphatic carboxylic acids is 1. The third-order valence-corrected chi connectivity index (χ3v) is 3.77. The maximum Gasteiger partial charge on any atom is 0.315 e. The van der Waals surface area contributed by atoms with E-state index >= 15 is 0 Å². The predicted molar refractivity (Wildman–Crippen MR) is 81.0 cm³/mol. The normalized spacial score (nSPS) is 16.0. The van der Waals surface area contributed by atoms with Gasteiger partial charge >= 0.3 is 5.97 Å². The zero-order valence-electron chi connectivity index (χ0n) is 12.2. The van der Waals surface area contributed by atoms with Gasteiger partial charge in [0.15, 0.2) is 0 Å². The molecule has 0 saturated heterocycles. The Morgan fingerprint density at radius 1 is 1.14 bits per heavy atom. The summed E-state index contributed by atoms with van der Waals surface area (Å²) < 4.78 is 5.92. The van der Waals surface area contributed by atoms with Gasteiger partial charge in [-0.1, -0.05) is 44.2 Å². The quantitative estimate of drug-likeness (QED) is 0.917. The minimum Gasteiger partial charge on any atom is -0.481 e. The number of para-hydroxylation sites is 1. The van der Waals surface area contributed by atoms with Gasteiger partial charge in [0.25, 0.3) is 0 Å². The maximum atomic E-state index is 11.9. The fourth-order valence-corrected chi connectivity index (χ4v) is 2.97. The summed E-state index contributed by atoms with van der Waals surface area (Å²) in [6.45, 7) is 4.26. The van der Waals surface area contributed by atoms with E-state index in [4.69, 9.17) is 4.74 Å². The molecule has 0 spiro atoms. The second kappa shape index (κ2) is 5.24. The number of carboxylic acids is 1. The molecule has 108 valence electrons. The van der Waals surface area contributed by atoms with Gasteiger partial charge in [-0.15, -0.1) is 0 Å². The SMILES string of the molecule is CC(C)Cc1cccc2c1C(C(=O)O)c1ccccc1O2. The highest BCUT2D eigenvalue weighted by atomic mass is 16.5. The Labute approximate surface area is 124 Å². The van der Waals surface area contributed by atoms with Crippen LogP contribution in [0.15, 0.2) is 42.5 Å². The van der Waals surface area contributed by atoms with Crippen molar-refractivity contribution >= 4 is 5.97 Å². The van der Waals surface area contributed by atoms with E-state index in [2.05, 4.69) is 13.8 Å². The number of hydrogen-bond donors (Lipinski definition) is 1. The molecule has 0 amide bonds. The number of benzene rings is 2. The minimum absolute atomic E-state index is 0.461. The van der Waals surface area contributed by atoms with Crippen LogP contribution in [0.2, 0.25) is 0 Å². The summed E-state index contributed by atoms with van der Waals surface area (Å²) in [7, 11) is 0. The van der Waals surface area contributed by atoms with Crippen molar-refractivity contribution in [1.29, 1.82) is 0 Å². The zero-order valence-corrected chi connectivity index (χ0v) is 12.2. The van der Waals surface area contributed by atoms with Gasteiger partial charge < -0.3 is 9.84 Å². The van der Waals surface area contributed by atoms with Crippen LogP contribution in [0.1, 0.15) is 36.5 Å². The van der Waals surface area contributed by atoms with Crippen molar-refractivity contribution in [1.82, 2.24) is 0 Å². The van der Waals surface area contributed by atoms with Crippen LogP contribution in [0.25, 0.3) is 0 Å². The Morgan fingerprint density at radius 2 is 1.86 bits per heavy atom. The minimum atomic E-state index is -0.830. The lowest BCUT2D eigenvalue weighted by molar-refractivity contribution is -0.137. The molecule has 1 aliphatic rings. The summed E-state index contributed by atoms with van der Waals surface area (Å²) in [5.41, 5.74) is 2.59. The molecule has 3 rings (SSSR count). The molecule has 0 aliphatic carbocycles. The molecule has 0 fully saturated rings. The first kappa shape index (κ1) is 13.7. The molecule has 2 aromatic rings. The molecular weight excluding hydrogens is 264 g/mol. The molecule has 1 aliphatic heterocycles. The average Bonchev–Trinajstić information content (AvgIpc) is 2.44. The molecule has 3 heteroatoms. The van der Waals surface area contributed by atoms with E-state index in [1.807, 2.05) is 42.5 Å². The largest absolute Gasteiger partial charge is 0.481 e. The van der Waals surface area contributed by atoms with Gasteiger partial charge in [-0.3, -0.25) is 4.79 Å². The molecule has 3 nitrogen and oxygen atoms in total. The maximum absolute atomic E-state index is 11.9. The van der Waals surface area contributed by atoms with Crippen molar-refractivity contribution in [3.8, 4) is 11.5 Å². The Bertz CT molecular complexity index is 689. The zero-order chi connectivity index (χ0) is 15.0. The van der Waals surface area contributed by atoms with Gasteiger partial charge in [0.2, 0.25) is 0 Å². The first-order chi connectivity index (χ1) is 10.1. The summed E-state index contributed by atoms with van der Waals surface area (Å²) in [6.07, 6.45) is 0.846. The lowest BCUT2D eigenvalue weighted by Crippen LogP contribution is -2.20. The first-order valence-corrected chi connectivity index (χ1v) is 7.19. The van der Waals surface area contributed by atoms with Crippen LogP contribution in [0, 0.1) is 5.92 Å². The highest BCUT2D eigenvalue weighted by Crippen LogP contribution is 2.45. The van der Waals surface area contributed by atoms with Crippen LogP contribution in [-0.2, 0) is 11.2 Å². The van der Waals surface area contributed by atoms with Crippen molar-refractivity contribution in [3.05, 3.63) is 59.2 Å². The summed E-state index contributed by atoms with van der Waals surface area (Å²) in [4.78, 5) is 11.9. The second-order valence-corrected chi connectivity index (χ2v) is 5.84. The van der Waals surface area contributed by atoms with Crippen LogP contribution in [0.3, 0.4) is 0 Å². The van der Waals surface area contributed by atoms with Gasteiger partial charge in [0.1, 0.15) is 17.4 Å². The predicted octanol–water partition coefficient (Wildman–Crippen LogP) is 4.21. The van der Waals surface area contributed by atoms with E-state index in [-0.39, 0.29) is 0 Å². The molecule has 21 heavy (non-hydrogen) atoms. The third kappa shape index (κ3) is 2.40. The highest BCUT2D eigenvalue weighted by molar-refractivity contribution is 5.84. The molecule has 0 saturated carbocycles. The summed E-state index contributed by atoms with van der Waals surface area (Å²) in [6, 6.07) is 13.2. The van der Waals surface area contributed by atoms with Gasteiger partial charge in [-0.05, 0) is 30.0 Å². The number of rotatable bonds is 3. The Kier molecular flexibility index (Phi) is 3.42. The fraction of sp³-hybridized carbons (Fsp3) is 0.278. The van der Waals surface area contributed by atoms with Crippen molar-refractivity contribution in [3.63, 3.8) is 0 Å². The van der Waals surface area contributed by atoms with Crippen LogP contribution in [-0.4, -0.2) is 11.1 Å². The van der Waals surface area contributed by atoms with E-state index in [0.29, 0.717) is 17.4 Å². The molecule has 2 aromatic carbocycles. The standard InChI is InChI=1S/C18H18O3/c1-11(2)10-12-6-5-9-15-16(12)17(18(19)20)13-7-3-4-8-14(13)21-15/h3-9,11,17H,10H2,1-2H3,(H,19,20). The van der Waals surface area contributed by atoms with Crippen molar-refractivity contribution in [2.75, 3.05) is 0 Å². The number of hydrogen-bond acceptors (Lipinski definition) is 2.